The Labute approximate surface area is 224 Å². The Hall–Kier alpha value is -2.48. The van der Waals surface area contributed by atoms with Crippen LogP contribution in [0.2, 0.25) is 0 Å². The summed E-state index contributed by atoms with van der Waals surface area (Å²) in [5.41, 5.74) is 4.68. The van der Waals surface area contributed by atoms with E-state index in [4.69, 9.17) is 19.5 Å². The molecule has 1 aliphatic rings. The van der Waals surface area contributed by atoms with Crippen molar-refractivity contribution in [1.29, 1.82) is 0 Å². The third-order valence-corrected chi connectivity index (χ3v) is 9.25. The lowest BCUT2D eigenvalue weighted by atomic mass is 10.1. The summed E-state index contributed by atoms with van der Waals surface area (Å²) in [5.74, 6) is -0.397. The molecule has 1 fully saturated rings. The molecule has 0 saturated carbocycles. The molecule has 1 saturated heterocycles. The summed E-state index contributed by atoms with van der Waals surface area (Å²) in [4.78, 5) is 32.1. The normalized spacial score (nSPS) is 23.6. The third kappa shape index (κ3) is 7.78. The number of hydrogen-bond acceptors (Lipinski definition) is 12. The average Bonchev–Trinajstić information content (AvgIpc) is 3.17. The number of nitrogen functional groups attached to an aromatic ring is 1. The van der Waals surface area contributed by atoms with E-state index >= 15 is 0 Å². The highest BCUT2D eigenvalue weighted by Gasteiger charge is 2.45. The second-order valence-electron chi connectivity index (χ2n) is 8.81. The summed E-state index contributed by atoms with van der Waals surface area (Å²) in [6.07, 6.45) is 0.115. The van der Waals surface area contributed by atoms with E-state index in [1.807, 2.05) is 13.8 Å². The zero-order valence-corrected chi connectivity index (χ0v) is 23.1. The maximum absolute atomic E-state index is 13.7. The highest BCUT2D eigenvalue weighted by atomic mass is 32.2. The number of aromatic nitrogens is 3. The Kier molecular flexibility index (Phi) is 10.7. The van der Waals surface area contributed by atoms with E-state index < -0.39 is 48.3 Å². The van der Waals surface area contributed by atoms with Gasteiger partial charge in [-0.05, 0) is 25.0 Å². The van der Waals surface area contributed by atoms with E-state index in [2.05, 4.69) is 15.1 Å². The van der Waals surface area contributed by atoms with Gasteiger partial charge in [-0.1, -0.05) is 44.9 Å². The van der Waals surface area contributed by atoms with Gasteiger partial charge in [-0.3, -0.25) is 13.9 Å². The lowest BCUT2D eigenvalue weighted by Crippen LogP contribution is -2.38. The number of para-hydroxylation sites is 1. The molecule has 1 aromatic heterocycles. The molecule has 0 bridgehead atoms. The Balaban J connectivity index is 1.71. The van der Waals surface area contributed by atoms with Crippen LogP contribution in [0.15, 0.2) is 41.5 Å². The van der Waals surface area contributed by atoms with E-state index in [-0.39, 0.29) is 30.8 Å². The van der Waals surface area contributed by atoms with Crippen molar-refractivity contribution in [3.63, 3.8) is 0 Å². The van der Waals surface area contributed by atoms with Gasteiger partial charge in [-0.25, -0.2) is 14.3 Å². The minimum Gasteiger partial charge on any atom is -0.464 e. The predicted molar refractivity (Wildman–Crippen MR) is 141 cm³/mol. The van der Waals surface area contributed by atoms with Crippen molar-refractivity contribution in [3.05, 3.63) is 47.1 Å². The van der Waals surface area contributed by atoms with Gasteiger partial charge in [0.25, 0.3) is 0 Å². The number of anilines is 1. The summed E-state index contributed by atoms with van der Waals surface area (Å²) in [6.45, 7) is 5.38. The second-order valence-corrected chi connectivity index (χ2v) is 11.9. The molecule has 0 spiro atoms. The predicted octanol–water partition coefficient (Wildman–Crippen LogP) is 1.72. The first-order chi connectivity index (χ1) is 18.1. The number of benzene rings is 1. The molecule has 15 heteroatoms. The summed E-state index contributed by atoms with van der Waals surface area (Å²) < 4.78 is 31.4. The average molecular weight is 572 g/mol. The smallest absolute Gasteiger partial charge is 0.459 e. The van der Waals surface area contributed by atoms with Gasteiger partial charge in [-0.2, -0.15) is 10.1 Å². The number of rotatable bonds is 13. The van der Waals surface area contributed by atoms with Gasteiger partial charge in [-0.15, -0.1) is 11.8 Å². The maximum atomic E-state index is 13.7. The van der Waals surface area contributed by atoms with Gasteiger partial charge < -0.3 is 25.2 Å². The molecule has 0 radical (unpaired) electrons. The van der Waals surface area contributed by atoms with Crippen molar-refractivity contribution in [2.75, 3.05) is 18.9 Å². The fourth-order valence-electron chi connectivity index (χ4n) is 3.65. The SMILES string of the molecule is CCC(CC)COC(=O)[C@H](C)NP(=O)(OC[C@H]1S[C@@H](n2cnc(N)nc2=O)[C@@H](O)[C@H]1O)Oc1ccccc1. The Morgan fingerprint density at radius 3 is 2.55 bits per heavy atom. The number of nitrogens with two attached hydrogens (primary N) is 1. The molecule has 13 nitrogen and oxygen atoms in total. The molecule has 0 amide bonds. The molecule has 1 aliphatic heterocycles. The van der Waals surface area contributed by atoms with Crippen LogP contribution in [0.1, 0.15) is 39.0 Å². The molecule has 2 aromatic rings. The van der Waals surface area contributed by atoms with Gasteiger partial charge in [0.05, 0.1) is 24.6 Å². The topological polar surface area (TPSA) is 188 Å². The zero-order valence-electron chi connectivity index (χ0n) is 21.4. The molecule has 6 atom stereocenters. The molecule has 2 heterocycles. The summed E-state index contributed by atoms with van der Waals surface area (Å²) in [6, 6.07) is 7.21. The van der Waals surface area contributed by atoms with Crippen LogP contribution >= 0.6 is 19.5 Å². The van der Waals surface area contributed by atoms with Gasteiger partial charge in [0, 0.05) is 0 Å². The molecule has 3 rings (SSSR count). The van der Waals surface area contributed by atoms with E-state index in [9.17, 15) is 24.4 Å². The van der Waals surface area contributed by atoms with Gasteiger partial charge in [0.1, 0.15) is 29.6 Å². The first-order valence-electron chi connectivity index (χ1n) is 12.2. The molecule has 1 unspecified atom stereocenters. The molecular weight excluding hydrogens is 537 g/mol. The molecule has 38 heavy (non-hydrogen) atoms. The fraction of sp³-hybridized carbons (Fsp3) is 0.565. The molecule has 210 valence electrons. The number of carbonyl (C=O) groups is 1. The van der Waals surface area contributed by atoms with E-state index in [0.29, 0.717) is 0 Å². The lowest BCUT2D eigenvalue weighted by Gasteiger charge is -2.25. The Morgan fingerprint density at radius 2 is 1.92 bits per heavy atom. The van der Waals surface area contributed by atoms with Crippen LogP contribution in [0.5, 0.6) is 5.75 Å². The summed E-state index contributed by atoms with van der Waals surface area (Å²) in [5, 5.41) is 22.0. The molecule has 0 aliphatic carbocycles. The zero-order chi connectivity index (χ0) is 27.9. The van der Waals surface area contributed by atoms with Crippen molar-refractivity contribution in [2.45, 2.75) is 62.5 Å². The van der Waals surface area contributed by atoms with Crippen molar-refractivity contribution in [2.24, 2.45) is 5.92 Å². The van der Waals surface area contributed by atoms with Crippen molar-refractivity contribution in [1.82, 2.24) is 19.6 Å². The van der Waals surface area contributed by atoms with Crippen LogP contribution < -0.4 is 21.0 Å². The van der Waals surface area contributed by atoms with E-state index in [1.54, 1.807) is 30.3 Å². The van der Waals surface area contributed by atoms with Gasteiger partial charge >= 0.3 is 19.4 Å². The van der Waals surface area contributed by atoms with Crippen LogP contribution in [0, 0.1) is 5.92 Å². The van der Waals surface area contributed by atoms with Gasteiger partial charge in [0.2, 0.25) is 5.95 Å². The highest BCUT2D eigenvalue weighted by Crippen LogP contribution is 2.48. The Morgan fingerprint density at radius 1 is 1.24 bits per heavy atom. The quantitative estimate of drug-likeness (QED) is 0.201. The standard InChI is InChI=1S/C23H34N5O8PS/c1-4-15(5-2)11-34-21(31)14(3)27-37(33,36-16-9-7-6-8-10-16)35-12-17-18(29)19(30)20(38-17)28-13-25-22(24)26-23(28)32/h6-10,13-15,17-20,29-30H,4-5,11-12H2,1-3H3,(H,27,33)(H2,24,26,32)/t14-,17+,18-,19-,20+,37?/m0/s1. The minimum absolute atomic E-state index is 0.217. The number of aliphatic hydroxyl groups is 2. The molecular formula is C23H34N5O8PS. The first-order valence-corrected chi connectivity index (χ1v) is 14.7. The van der Waals surface area contributed by atoms with Crippen molar-refractivity contribution in [3.8, 4) is 5.75 Å². The van der Waals surface area contributed by atoms with Gasteiger partial charge in [0.15, 0.2) is 0 Å². The number of thioether (sulfide) groups is 1. The number of nitrogens with zero attached hydrogens (tertiary/aromatic N) is 3. The number of nitrogens with one attached hydrogen (secondary N) is 1. The Bertz CT molecular complexity index is 1170. The highest BCUT2D eigenvalue weighted by molar-refractivity contribution is 8.00. The second kappa shape index (κ2) is 13.5. The summed E-state index contributed by atoms with van der Waals surface area (Å²) in [7, 11) is -4.19. The fourth-order valence-corrected chi connectivity index (χ4v) is 6.69. The van der Waals surface area contributed by atoms with Crippen LogP contribution in [-0.4, -0.2) is 67.4 Å². The molecule has 5 N–H and O–H groups in total. The van der Waals surface area contributed by atoms with Crippen molar-refractivity contribution < 1.29 is 33.4 Å². The minimum atomic E-state index is -4.19. The van der Waals surface area contributed by atoms with Crippen molar-refractivity contribution >= 4 is 31.4 Å². The number of carbonyl (C=O) groups excluding carboxylic acids is 1. The number of hydrogen-bond donors (Lipinski definition) is 4. The van der Waals surface area contributed by atoms with Crippen LogP contribution in [0.3, 0.4) is 0 Å². The monoisotopic (exact) mass is 571 g/mol. The number of esters is 1. The summed E-state index contributed by atoms with van der Waals surface area (Å²) >= 11 is 1.01. The molecule has 1 aromatic carbocycles. The van der Waals surface area contributed by atoms with Crippen LogP contribution in [0.4, 0.5) is 5.95 Å². The number of aliphatic hydroxyl groups excluding tert-OH is 2. The van der Waals surface area contributed by atoms with E-state index in [1.165, 1.54) is 6.92 Å². The number of ether oxygens (including phenoxy) is 1. The van der Waals surface area contributed by atoms with E-state index in [0.717, 1.165) is 35.5 Å². The third-order valence-electron chi connectivity index (χ3n) is 6.06. The van der Waals surface area contributed by atoms with Crippen LogP contribution in [0.25, 0.3) is 0 Å². The van der Waals surface area contributed by atoms with Crippen LogP contribution in [-0.2, 0) is 18.6 Å². The largest absolute Gasteiger partial charge is 0.464 e. The maximum Gasteiger partial charge on any atom is 0.459 e. The lowest BCUT2D eigenvalue weighted by molar-refractivity contribution is -0.146. The first kappa shape index (κ1) is 30.1.